The molecule has 0 saturated heterocycles. The van der Waals surface area contributed by atoms with Gasteiger partial charge in [-0.2, -0.15) is 4.37 Å². The molecule has 1 amide bonds. The van der Waals surface area contributed by atoms with E-state index in [-0.39, 0.29) is 24.0 Å². The summed E-state index contributed by atoms with van der Waals surface area (Å²) < 4.78 is 25.7. The largest absolute Gasteiger partial charge is 0.497 e. The summed E-state index contributed by atoms with van der Waals surface area (Å²) in [4.78, 5) is 24.6. The van der Waals surface area contributed by atoms with E-state index in [9.17, 15) is 9.59 Å². The Morgan fingerprint density at radius 3 is 2.59 bits per heavy atom. The first-order valence-electron chi connectivity index (χ1n) is 10.5. The lowest BCUT2D eigenvalue weighted by Crippen LogP contribution is -2.22. The molecule has 2 aromatic carbocycles. The quantitative estimate of drug-likeness (QED) is 0.394. The number of carbonyl (C=O) groups excluding carboxylic acids is 2. The molecule has 0 bridgehead atoms. The molecule has 3 rings (SSSR count). The van der Waals surface area contributed by atoms with E-state index in [4.69, 9.17) is 18.9 Å². The number of carbonyl (C=O) groups is 2. The first-order chi connectivity index (χ1) is 16.5. The van der Waals surface area contributed by atoms with Crippen LogP contribution in [0.25, 0.3) is 0 Å². The van der Waals surface area contributed by atoms with Gasteiger partial charge in [-0.3, -0.25) is 4.79 Å². The molecular weight excluding hydrogens is 458 g/mol. The third kappa shape index (κ3) is 5.96. The molecule has 1 aromatic heterocycles. The van der Waals surface area contributed by atoms with Crippen LogP contribution in [0.4, 0.5) is 5.00 Å². The zero-order valence-electron chi connectivity index (χ0n) is 19.5. The Bertz CT molecular complexity index is 1150. The van der Waals surface area contributed by atoms with Crippen molar-refractivity contribution in [3.63, 3.8) is 0 Å². The normalized spacial score (nSPS) is 10.4. The van der Waals surface area contributed by atoms with Crippen LogP contribution in [0.15, 0.2) is 42.5 Å². The predicted molar refractivity (Wildman–Crippen MR) is 129 cm³/mol. The number of esters is 1. The monoisotopic (exact) mass is 485 g/mol. The summed E-state index contributed by atoms with van der Waals surface area (Å²) in [6, 6.07) is 12.6. The number of amides is 1. The van der Waals surface area contributed by atoms with Gasteiger partial charge >= 0.3 is 5.97 Å². The molecule has 0 unspecified atom stereocenters. The fourth-order valence-electron chi connectivity index (χ4n) is 3.17. The number of anilines is 1. The topological polar surface area (TPSA) is 108 Å². The number of hydrogen-bond donors (Lipinski definition) is 2. The average Bonchev–Trinajstić information content (AvgIpc) is 3.28. The smallest absolute Gasteiger partial charge is 0.346 e. The van der Waals surface area contributed by atoms with E-state index in [1.807, 2.05) is 25.1 Å². The first kappa shape index (κ1) is 24.8. The fraction of sp³-hybridized carbons (Fsp3) is 0.292. The molecule has 180 valence electrons. The lowest BCUT2D eigenvalue weighted by atomic mass is 10.1. The molecule has 0 radical (unpaired) electrons. The molecule has 1 heterocycles. The van der Waals surface area contributed by atoms with Crippen LogP contribution in [0.3, 0.4) is 0 Å². The number of benzene rings is 2. The van der Waals surface area contributed by atoms with Crippen LogP contribution in [0.2, 0.25) is 0 Å². The minimum absolute atomic E-state index is 0.132. The van der Waals surface area contributed by atoms with Gasteiger partial charge in [0.2, 0.25) is 5.88 Å². The molecule has 34 heavy (non-hydrogen) atoms. The molecule has 0 aliphatic rings. The number of aromatic nitrogens is 1. The summed E-state index contributed by atoms with van der Waals surface area (Å²) in [5.41, 5.74) is 2.38. The van der Waals surface area contributed by atoms with Gasteiger partial charge in [0, 0.05) is 30.3 Å². The maximum atomic E-state index is 12.5. The summed E-state index contributed by atoms with van der Waals surface area (Å²) in [5, 5.41) is 6.49. The van der Waals surface area contributed by atoms with E-state index in [1.165, 1.54) is 7.11 Å². The Hall–Kier alpha value is -3.79. The van der Waals surface area contributed by atoms with Crippen LogP contribution in [0.1, 0.15) is 38.8 Å². The predicted octanol–water partition coefficient (Wildman–Crippen LogP) is 3.89. The molecule has 0 aliphatic heterocycles. The highest BCUT2D eigenvalue weighted by Gasteiger charge is 2.23. The molecule has 10 heteroatoms. The number of methoxy groups -OCH3 is 3. The standard InChI is InChI=1S/C24H27N3O6S/c1-5-25-21(28)16-8-6-7-15(11-16)14-33-22-20(24(29)32-4)23(34-27-22)26-13-17-9-10-18(30-2)12-19(17)31-3/h6-12,26H,5,13-14H2,1-4H3,(H,25,28). The maximum absolute atomic E-state index is 12.5. The highest BCUT2D eigenvalue weighted by molar-refractivity contribution is 7.10. The maximum Gasteiger partial charge on any atom is 0.346 e. The summed E-state index contributed by atoms with van der Waals surface area (Å²) in [7, 11) is 4.47. The Morgan fingerprint density at radius 2 is 1.88 bits per heavy atom. The molecule has 0 spiro atoms. The summed E-state index contributed by atoms with van der Waals surface area (Å²) in [6.07, 6.45) is 0. The van der Waals surface area contributed by atoms with Crippen molar-refractivity contribution in [1.82, 2.24) is 9.69 Å². The zero-order valence-corrected chi connectivity index (χ0v) is 20.3. The first-order valence-corrected chi connectivity index (χ1v) is 11.3. The van der Waals surface area contributed by atoms with Gasteiger partial charge in [0.1, 0.15) is 23.1 Å². The third-order valence-corrected chi connectivity index (χ3v) is 5.67. The average molecular weight is 486 g/mol. The van der Waals surface area contributed by atoms with E-state index < -0.39 is 5.97 Å². The van der Waals surface area contributed by atoms with E-state index in [1.54, 1.807) is 38.5 Å². The van der Waals surface area contributed by atoms with Gasteiger partial charge in [0.15, 0.2) is 5.56 Å². The lowest BCUT2D eigenvalue weighted by Gasteiger charge is -2.12. The molecular formula is C24H27N3O6S. The fourth-order valence-corrected chi connectivity index (χ4v) is 3.88. The van der Waals surface area contributed by atoms with Gasteiger partial charge in [0.05, 0.1) is 21.3 Å². The Morgan fingerprint density at radius 1 is 1.06 bits per heavy atom. The number of nitrogens with one attached hydrogen (secondary N) is 2. The number of rotatable bonds is 11. The van der Waals surface area contributed by atoms with Crippen molar-refractivity contribution >= 4 is 28.4 Å². The van der Waals surface area contributed by atoms with Crippen molar-refractivity contribution < 1.29 is 28.5 Å². The van der Waals surface area contributed by atoms with Crippen molar-refractivity contribution in [3.8, 4) is 17.4 Å². The highest BCUT2D eigenvalue weighted by Crippen LogP contribution is 2.33. The summed E-state index contributed by atoms with van der Waals surface area (Å²) in [6.45, 7) is 2.91. The molecule has 2 N–H and O–H groups in total. The molecule has 3 aromatic rings. The van der Waals surface area contributed by atoms with Crippen LogP contribution in [0.5, 0.6) is 17.4 Å². The van der Waals surface area contributed by atoms with Gasteiger partial charge in [-0.1, -0.05) is 12.1 Å². The Balaban J connectivity index is 1.75. The second-order valence-electron chi connectivity index (χ2n) is 7.06. The minimum Gasteiger partial charge on any atom is -0.497 e. The van der Waals surface area contributed by atoms with Gasteiger partial charge in [-0.05, 0) is 48.3 Å². The van der Waals surface area contributed by atoms with Crippen LogP contribution >= 0.6 is 11.5 Å². The SMILES string of the molecule is CCNC(=O)c1cccc(COc2nsc(NCc3ccc(OC)cc3OC)c2C(=O)OC)c1. The van der Waals surface area contributed by atoms with Crippen molar-refractivity contribution in [2.24, 2.45) is 0 Å². The molecule has 9 nitrogen and oxygen atoms in total. The van der Waals surface area contributed by atoms with E-state index in [2.05, 4.69) is 15.0 Å². The van der Waals surface area contributed by atoms with Crippen molar-refractivity contribution in [2.45, 2.75) is 20.1 Å². The van der Waals surface area contributed by atoms with Gasteiger partial charge < -0.3 is 29.6 Å². The second-order valence-corrected chi connectivity index (χ2v) is 7.84. The Labute approximate surface area is 202 Å². The number of nitrogens with zero attached hydrogens (tertiary/aromatic N) is 1. The van der Waals surface area contributed by atoms with E-state index >= 15 is 0 Å². The molecule has 0 saturated carbocycles. The number of ether oxygens (including phenoxy) is 4. The van der Waals surface area contributed by atoms with Crippen molar-refractivity contribution in [1.29, 1.82) is 0 Å². The van der Waals surface area contributed by atoms with E-state index in [0.29, 0.717) is 35.2 Å². The van der Waals surface area contributed by atoms with E-state index in [0.717, 1.165) is 22.7 Å². The zero-order chi connectivity index (χ0) is 24.5. The highest BCUT2D eigenvalue weighted by atomic mass is 32.1. The van der Waals surface area contributed by atoms with Crippen LogP contribution in [-0.4, -0.2) is 44.1 Å². The second kappa shape index (κ2) is 11.9. The molecule has 0 aliphatic carbocycles. The van der Waals surface area contributed by atoms with Crippen LogP contribution in [0, 0.1) is 0 Å². The number of hydrogen-bond acceptors (Lipinski definition) is 9. The summed E-state index contributed by atoms with van der Waals surface area (Å²) in [5.74, 6) is 0.766. The van der Waals surface area contributed by atoms with Crippen molar-refractivity contribution in [3.05, 3.63) is 64.7 Å². The van der Waals surface area contributed by atoms with Gasteiger partial charge in [-0.25, -0.2) is 4.79 Å². The van der Waals surface area contributed by atoms with Crippen LogP contribution in [-0.2, 0) is 17.9 Å². The minimum atomic E-state index is -0.566. The van der Waals surface area contributed by atoms with Gasteiger partial charge in [-0.15, -0.1) is 0 Å². The Kier molecular flexibility index (Phi) is 8.69. The lowest BCUT2D eigenvalue weighted by molar-refractivity contribution is 0.0596. The van der Waals surface area contributed by atoms with Crippen LogP contribution < -0.4 is 24.8 Å². The molecule has 0 atom stereocenters. The van der Waals surface area contributed by atoms with Gasteiger partial charge in [0.25, 0.3) is 5.91 Å². The summed E-state index contributed by atoms with van der Waals surface area (Å²) >= 11 is 1.09. The molecule has 0 fully saturated rings. The van der Waals surface area contributed by atoms with Crippen molar-refractivity contribution in [2.75, 3.05) is 33.2 Å². The third-order valence-electron chi connectivity index (χ3n) is 4.89.